The Kier molecular flexibility index (Phi) is 6.38. The molecule has 0 radical (unpaired) electrons. The highest BCUT2D eigenvalue weighted by Gasteiger charge is 2.12. The van der Waals surface area contributed by atoms with Crippen LogP contribution in [0.25, 0.3) is 0 Å². The summed E-state index contributed by atoms with van der Waals surface area (Å²) >= 11 is 0. The number of benzene rings is 1. The molecule has 0 atom stereocenters. The van der Waals surface area contributed by atoms with Gasteiger partial charge in [-0.1, -0.05) is 0 Å². The van der Waals surface area contributed by atoms with Crippen LogP contribution in [0.3, 0.4) is 0 Å². The van der Waals surface area contributed by atoms with Crippen LogP contribution in [0.5, 0.6) is 11.5 Å². The van der Waals surface area contributed by atoms with E-state index in [-0.39, 0.29) is 12.5 Å². The zero-order chi connectivity index (χ0) is 15.0. The Morgan fingerprint density at radius 2 is 1.90 bits per heavy atom. The first-order valence-electron chi connectivity index (χ1n) is 6.73. The molecule has 1 aromatic rings. The first-order valence-corrected chi connectivity index (χ1v) is 6.73. The van der Waals surface area contributed by atoms with E-state index >= 15 is 0 Å². The lowest BCUT2D eigenvalue weighted by Crippen LogP contribution is -2.34. The van der Waals surface area contributed by atoms with Gasteiger partial charge in [-0.2, -0.15) is 5.26 Å². The van der Waals surface area contributed by atoms with Gasteiger partial charge < -0.3 is 14.4 Å². The highest BCUT2D eigenvalue weighted by molar-refractivity contribution is 5.77. The van der Waals surface area contributed by atoms with Crippen LogP contribution >= 0.6 is 0 Å². The summed E-state index contributed by atoms with van der Waals surface area (Å²) in [6.07, 6.45) is 0. The van der Waals surface area contributed by atoms with Gasteiger partial charge in [0.05, 0.1) is 18.2 Å². The number of ether oxygens (including phenoxy) is 2. The maximum atomic E-state index is 11.9. The number of rotatable bonds is 7. The van der Waals surface area contributed by atoms with Crippen molar-refractivity contribution < 1.29 is 14.3 Å². The minimum absolute atomic E-state index is 0.0341. The second kappa shape index (κ2) is 8.05. The molecule has 0 unspecified atom stereocenters. The smallest absolute Gasteiger partial charge is 0.260 e. The van der Waals surface area contributed by atoms with Crippen molar-refractivity contribution in [1.29, 1.82) is 5.26 Å². The van der Waals surface area contributed by atoms with Gasteiger partial charge in [-0.3, -0.25) is 4.79 Å². The van der Waals surface area contributed by atoms with Gasteiger partial charge in [0, 0.05) is 19.2 Å². The van der Waals surface area contributed by atoms with E-state index in [4.69, 9.17) is 14.7 Å². The molecule has 0 saturated heterocycles. The largest absolute Gasteiger partial charge is 0.490 e. The van der Waals surface area contributed by atoms with Gasteiger partial charge in [0.1, 0.15) is 0 Å². The SMILES string of the molecule is CCOc1cc(C#N)ccc1OCC(=O)N(CC)CC. The standard InChI is InChI=1S/C15H20N2O3/c1-4-17(5-2)15(18)11-20-13-8-7-12(10-16)9-14(13)19-6-3/h7-9H,4-6,11H2,1-3H3. The second-order valence-electron chi connectivity index (χ2n) is 4.06. The summed E-state index contributed by atoms with van der Waals surface area (Å²) in [7, 11) is 0. The monoisotopic (exact) mass is 276 g/mol. The topological polar surface area (TPSA) is 62.6 Å². The Morgan fingerprint density at radius 3 is 2.45 bits per heavy atom. The lowest BCUT2D eigenvalue weighted by molar-refractivity contribution is -0.132. The van der Waals surface area contributed by atoms with Crippen LogP contribution in [-0.4, -0.2) is 37.1 Å². The zero-order valence-electron chi connectivity index (χ0n) is 12.2. The first kappa shape index (κ1) is 15.8. The van der Waals surface area contributed by atoms with Crippen LogP contribution in [0.2, 0.25) is 0 Å². The molecule has 5 heteroatoms. The van der Waals surface area contributed by atoms with Crippen LogP contribution in [-0.2, 0) is 4.79 Å². The van der Waals surface area contributed by atoms with Crippen molar-refractivity contribution >= 4 is 5.91 Å². The van der Waals surface area contributed by atoms with Gasteiger partial charge in [0.15, 0.2) is 18.1 Å². The summed E-state index contributed by atoms with van der Waals surface area (Å²) in [6, 6.07) is 6.95. The molecular formula is C15H20N2O3. The number of carbonyl (C=O) groups is 1. The number of amides is 1. The molecule has 0 bridgehead atoms. The lowest BCUT2D eigenvalue weighted by atomic mass is 10.2. The molecule has 1 amide bonds. The molecule has 0 N–H and O–H groups in total. The van der Waals surface area contributed by atoms with Crippen LogP contribution in [0, 0.1) is 11.3 Å². The number of nitrogens with zero attached hydrogens (tertiary/aromatic N) is 2. The lowest BCUT2D eigenvalue weighted by Gasteiger charge is -2.19. The number of nitriles is 1. The predicted octanol–water partition coefficient (Wildman–Crippen LogP) is 2.20. The predicted molar refractivity (Wildman–Crippen MR) is 75.7 cm³/mol. The maximum Gasteiger partial charge on any atom is 0.260 e. The molecule has 0 saturated carbocycles. The summed E-state index contributed by atoms with van der Waals surface area (Å²) in [4.78, 5) is 13.6. The molecule has 5 nitrogen and oxygen atoms in total. The Bertz CT molecular complexity index is 490. The van der Waals surface area contributed by atoms with E-state index in [1.54, 1.807) is 23.1 Å². The Hall–Kier alpha value is -2.22. The third-order valence-corrected chi connectivity index (χ3v) is 2.84. The maximum absolute atomic E-state index is 11.9. The highest BCUT2D eigenvalue weighted by Crippen LogP contribution is 2.28. The minimum Gasteiger partial charge on any atom is -0.490 e. The average molecular weight is 276 g/mol. The molecule has 0 aromatic heterocycles. The molecular weight excluding hydrogens is 256 g/mol. The van der Waals surface area contributed by atoms with Gasteiger partial charge in [-0.15, -0.1) is 0 Å². The van der Waals surface area contributed by atoms with Crippen LogP contribution in [0.15, 0.2) is 18.2 Å². The van der Waals surface area contributed by atoms with Crippen molar-refractivity contribution in [3.8, 4) is 17.6 Å². The van der Waals surface area contributed by atoms with E-state index in [1.165, 1.54) is 0 Å². The van der Waals surface area contributed by atoms with Gasteiger partial charge >= 0.3 is 0 Å². The van der Waals surface area contributed by atoms with Gasteiger partial charge in [0.25, 0.3) is 5.91 Å². The molecule has 0 heterocycles. The molecule has 0 aliphatic heterocycles. The summed E-state index contributed by atoms with van der Waals surface area (Å²) in [5.41, 5.74) is 0.496. The number of hydrogen-bond acceptors (Lipinski definition) is 4. The van der Waals surface area contributed by atoms with Crippen molar-refractivity contribution in [2.24, 2.45) is 0 Å². The summed E-state index contributed by atoms with van der Waals surface area (Å²) in [6.45, 7) is 7.45. The second-order valence-corrected chi connectivity index (χ2v) is 4.06. The number of carbonyl (C=O) groups excluding carboxylic acids is 1. The van der Waals surface area contributed by atoms with E-state index in [1.807, 2.05) is 26.8 Å². The Labute approximate surface area is 119 Å². The Balaban J connectivity index is 2.77. The minimum atomic E-state index is -0.0678. The van der Waals surface area contributed by atoms with E-state index in [9.17, 15) is 4.79 Å². The van der Waals surface area contributed by atoms with Crippen LogP contribution in [0.1, 0.15) is 26.3 Å². The van der Waals surface area contributed by atoms with Gasteiger partial charge in [-0.05, 0) is 32.9 Å². The van der Waals surface area contributed by atoms with E-state index in [2.05, 4.69) is 0 Å². The van der Waals surface area contributed by atoms with Crippen molar-refractivity contribution in [3.63, 3.8) is 0 Å². The molecule has 0 fully saturated rings. The fourth-order valence-electron chi connectivity index (χ4n) is 1.77. The molecule has 108 valence electrons. The van der Waals surface area contributed by atoms with Crippen LogP contribution in [0.4, 0.5) is 0 Å². The van der Waals surface area contributed by atoms with Crippen molar-refractivity contribution in [3.05, 3.63) is 23.8 Å². The molecule has 1 rings (SSSR count). The van der Waals surface area contributed by atoms with Gasteiger partial charge in [0.2, 0.25) is 0 Å². The fourth-order valence-corrected chi connectivity index (χ4v) is 1.77. The number of likely N-dealkylation sites (N-methyl/N-ethyl adjacent to an activating group) is 1. The van der Waals surface area contributed by atoms with Gasteiger partial charge in [-0.25, -0.2) is 0 Å². The summed E-state index contributed by atoms with van der Waals surface area (Å²) in [5, 5.41) is 8.87. The molecule has 0 aliphatic rings. The average Bonchev–Trinajstić information content (AvgIpc) is 2.47. The van der Waals surface area contributed by atoms with Crippen molar-refractivity contribution in [2.45, 2.75) is 20.8 Å². The first-order chi connectivity index (χ1) is 9.65. The van der Waals surface area contributed by atoms with Crippen molar-refractivity contribution in [1.82, 2.24) is 4.90 Å². The summed E-state index contributed by atoms with van der Waals surface area (Å²) in [5.74, 6) is 0.895. The summed E-state index contributed by atoms with van der Waals surface area (Å²) < 4.78 is 10.9. The van der Waals surface area contributed by atoms with E-state index in [0.717, 1.165) is 0 Å². The fraction of sp³-hybridized carbons (Fsp3) is 0.467. The Morgan fingerprint density at radius 1 is 1.20 bits per heavy atom. The zero-order valence-corrected chi connectivity index (χ0v) is 12.2. The quantitative estimate of drug-likeness (QED) is 0.766. The number of hydrogen-bond donors (Lipinski definition) is 0. The normalized spacial score (nSPS) is 9.70. The molecule has 0 aliphatic carbocycles. The molecule has 20 heavy (non-hydrogen) atoms. The third-order valence-electron chi connectivity index (χ3n) is 2.84. The molecule has 1 aromatic carbocycles. The van der Waals surface area contributed by atoms with Crippen LogP contribution < -0.4 is 9.47 Å². The van der Waals surface area contributed by atoms with Crippen molar-refractivity contribution in [2.75, 3.05) is 26.3 Å². The van der Waals surface area contributed by atoms with E-state index < -0.39 is 0 Å². The third kappa shape index (κ3) is 4.16. The van der Waals surface area contributed by atoms with E-state index in [0.29, 0.717) is 36.8 Å². The molecule has 0 spiro atoms. The highest BCUT2D eigenvalue weighted by atomic mass is 16.5.